The van der Waals surface area contributed by atoms with Crippen LogP contribution >= 0.6 is 0 Å². The van der Waals surface area contributed by atoms with E-state index >= 15 is 0 Å². The first-order valence-corrected chi connectivity index (χ1v) is 10.5. The molecule has 3 N–H and O–H groups in total. The number of nitrogens with zero attached hydrogens (tertiary/aromatic N) is 3. The Labute approximate surface area is 195 Å². The van der Waals surface area contributed by atoms with Crippen LogP contribution in [-0.2, 0) is 0 Å². The van der Waals surface area contributed by atoms with Crippen LogP contribution in [0.2, 0.25) is 0 Å². The third kappa shape index (κ3) is 6.00. The van der Waals surface area contributed by atoms with Crippen molar-refractivity contribution in [2.75, 3.05) is 0 Å². The fourth-order valence-corrected chi connectivity index (χ4v) is 3.15. The third-order valence-corrected chi connectivity index (χ3v) is 4.95. The lowest BCUT2D eigenvalue weighted by Gasteiger charge is -2.31. The zero-order chi connectivity index (χ0) is 24.9. The van der Waals surface area contributed by atoms with E-state index in [-0.39, 0.29) is 23.0 Å². The van der Waals surface area contributed by atoms with Gasteiger partial charge in [-0.25, -0.2) is 13.5 Å². The molecule has 0 fully saturated rings. The minimum atomic E-state index is -0.542. The Morgan fingerprint density at radius 3 is 1.94 bits per heavy atom. The van der Waals surface area contributed by atoms with Crippen LogP contribution in [0.4, 0.5) is 8.78 Å². The quantitative estimate of drug-likeness (QED) is 0.464. The largest absolute Gasteiger partial charge is 0.366 e. The van der Waals surface area contributed by atoms with Gasteiger partial charge in [0.2, 0.25) is 5.91 Å². The topological polar surface area (TPSA) is 103 Å². The number of benzene rings is 3. The van der Waals surface area contributed by atoms with E-state index in [1.54, 1.807) is 4.68 Å². The van der Waals surface area contributed by atoms with Gasteiger partial charge in [-0.15, -0.1) is 5.10 Å². The Balaban J connectivity index is 0.000000271. The van der Waals surface area contributed by atoms with Gasteiger partial charge in [0.15, 0.2) is 0 Å². The number of carbonyl (C=O) groups excluding carboxylic acids is 2. The number of para-hydroxylation sites is 1. The van der Waals surface area contributed by atoms with Gasteiger partial charge in [0.05, 0.1) is 5.52 Å². The van der Waals surface area contributed by atoms with Gasteiger partial charge in [-0.3, -0.25) is 9.59 Å². The lowest BCUT2D eigenvalue weighted by atomic mass is 9.92. The minimum absolute atomic E-state index is 0.283. The summed E-state index contributed by atoms with van der Waals surface area (Å²) in [5, 5.41) is 11.4. The van der Waals surface area contributed by atoms with Gasteiger partial charge in [0.25, 0.3) is 5.91 Å². The summed E-state index contributed by atoms with van der Waals surface area (Å²) in [7, 11) is 0. The number of fused-ring (bicyclic) bond motifs is 1. The van der Waals surface area contributed by atoms with Gasteiger partial charge in [0.1, 0.15) is 23.3 Å². The van der Waals surface area contributed by atoms with E-state index in [2.05, 4.69) is 15.6 Å². The predicted molar refractivity (Wildman–Crippen MR) is 125 cm³/mol. The van der Waals surface area contributed by atoms with Crippen molar-refractivity contribution in [3.63, 3.8) is 0 Å². The zero-order valence-corrected chi connectivity index (χ0v) is 19.0. The molecule has 0 aliphatic carbocycles. The lowest BCUT2D eigenvalue weighted by Crippen LogP contribution is -2.41. The Morgan fingerprint density at radius 1 is 0.882 bits per heavy atom. The van der Waals surface area contributed by atoms with Crippen LogP contribution in [0.25, 0.3) is 11.0 Å². The maximum absolute atomic E-state index is 13.0. The molecule has 34 heavy (non-hydrogen) atoms. The molecule has 1 aromatic heterocycles. The van der Waals surface area contributed by atoms with Crippen LogP contribution in [-0.4, -0.2) is 26.8 Å². The number of hydrogen-bond acceptors (Lipinski definition) is 4. The number of nitrogens with two attached hydrogens (primary N) is 1. The molecule has 7 nitrogen and oxygen atoms in total. The number of amides is 2. The van der Waals surface area contributed by atoms with Crippen molar-refractivity contribution in [1.29, 1.82) is 0 Å². The van der Waals surface area contributed by atoms with Gasteiger partial charge >= 0.3 is 0 Å². The van der Waals surface area contributed by atoms with Gasteiger partial charge in [-0.2, -0.15) is 0 Å². The molecule has 0 saturated heterocycles. The Morgan fingerprint density at radius 2 is 1.41 bits per heavy atom. The van der Waals surface area contributed by atoms with Gasteiger partial charge in [0, 0.05) is 16.5 Å². The summed E-state index contributed by atoms with van der Waals surface area (Å²) in [5.74, 6) is -1.57. The molecule has 1 atom stereocenters. The first-order chi connectivity index (χ1) is 16.1. The molecule has 176 valence electrons. The molecular formula is C25H25F2N5O2. The highest BCUT2D eigenvalue weighted by Gasteiger charge is 2.30. The Kier molecular flexibility index (Phi) is 7.35. The van der Waals surface area contributed by atoms with Crippen LogP contribution in [0, 0.1) is 17.0 Å². The summed E-state index contributed by atoms with van der Waals surface area (Å²) in [6.45, 7) is 6.04. The maximum Gasteiger partial charge on any atom is 0.252 e. The molecule has 0 radical (unpaired) electrons. The average Bonchev–Trinajstić information content (AvgIpc) is 3.21. The van der Waals surface area contributed by atoms with Crippen LogP contribution in [0.3, 0.4) is 0 Å². The van der Waals surface area contributed by atoms with Crippen LogP contribution in [0.5, 0.6) is 0 Å². The smallest absolute Gasteiger partial charge is 0.252 e. The summed E-state index contributed by atoms with van der Waals surface area (Å²) >= 11 is 0. The van der Waals surface area contributed by atoms with Crippen LogP contribution in [0.1, 0.15) is 47.7 Å². The summed E-state index contributed by atoms with van der Waals surface area (Å²) in [4.78, 5) is 23.0. The fraction of sp³-hybridized carbons (Fsp3) is 0.200. The molecule has 0 aliphatic heterocycles. The molecule has 4 aromatic rings. The molecule has 3 aromatic carbocycles. The molecule has 4 rings (SSSR count). The molecule has 0 spiro atoms. The van der Waals surface area contributed by atoms with E-state index in [1.165, 1.54) is 48.5 Å². The highest BCUT2D eigenvalue weighted by molar-refractivity contribution is 5.94. The first kappa shape index (κ1) is 24.5. The van der Waals surface area contributed by atoms with E-state index in [0.717, 1.165) is 11.0 Å². The van der Waals surface area contributed by atoms with Crippen molar-refractivity contribution in [1.82, 2.24) is 20.3 Å². The van der Waals surface area contributed by atoms with Gasteiger partial charge < -0.3 is 11.1 Å². The van der Waals surface area contributed by atoms with E-state index in [4.69, 9.17) is 5.73 Å². The number of nitrogens with one attached hydrogen (secondary N) is 1. The Bertz CT molecular complexity index is 1280. The second kappa shape index (κ2) is 10.2. The molecular weight excluding hydrogens is 440 g/mol. The molecule has 1 unspecified atom stereocenters. The highest BCUT2D eigenvalue weighted by Crippen LogP contribution is 2.30. The number of primary amides is 1. The SMILES string of the molecule is CC(C)(C)C(NC(=O)c1ccc(F)cc1)n1nnc2ccccc21.NC(=O)c1ccc(F)cc1. The highest BCUT2D eigenvalue weighted by atomic mass is 19.1. The summed E-state index contributed by atoms with van der Waals surface area (Å²) in [6.07, 6.45) is -0.401. The molecule has 0 aliphatic rings. The molecule has 0 bridgehead atoms. The van der Waals surface area contributed by atoms with E-state index in [1.807, 2.05) is 45.0 Å². The van der Waals surface area contributed by atoms with Crippen molar-refractivity contribution in [2.45, 2.75) is 26.9 Å². The number of carbonyl (C=O) groups is 2. The van der Waals surface area contributed by atoms with Crippen molar-refractivity contribution < 1.29 is 18.4 Å². The van der Waals surface area contributed by atoms with E-state index in [0.29, 0.717) is 11.1 Å². The second-order valence-electron chi connectivity index (χ2n) is 8.64. The summed E-state index contributed by atoms with van der Waals surface area (Å²) in [6, 6.07) is 18.1. The van der Waals surface area contributed by atoms with E-state index < -0.39 is 12.1 Å². The molecule has 9 heteroatoms. The Hall–Kier alpha value is -4.14. The van der Waals surface area contributed by atoms with Crippen molar-refractivity contribution in [3.8, 4) is 0 Å². The van der Waals surface area contributed by atoms with Gasteiger partial charge in [-0.1, -0.05) is 38.1 Å². The maximum atomic E-state index is 13.0. The standard InChI is InChI=1S/C18H19FN4O.C7H6FNO/c1-18(2,3)17(20-16(24)12-8-10-13(19)11-9-12)23-15-7-5-4-6-14(15)21-22-23;8-6-3-1-5(2-4-6)7(9)10/h4-11,17H,1-3H3,(H,20,24);1-4H,(H2,9,10). The molecule has 1 heterocycles. The normalized spacial score (nSPS) is 11.9. The number of rotatable bonds is 4. The first-order valence-electron chi connectivity index (χ1n) is 10.5. The molecule has 0 saturated carbocycles. The lowest BCUT2D eigenvalue weighted by molar-refractivity contribution is 0.0843. The number of halogens is 2. The number of hydrogen-bond donors (Lipinski definition) is 2. The predicted octanol–water partition coefficient (Wildman–Crippen LogP) is 4.47. The van der Waals surface area contributed by atoms with Gasteiger partial charge in [-0.05, 0) is 60.7 Å². The third-order valence-electron chi connectivity index (χ3n) is 4.95. The average molecular weight is 466 g/mol. The van der Waals surface area contributed by atoms with Crippen LogP contribution in [0.15, 0.2) is 72.8 Å². The molecule has 2 amide bonds. The van der Waals surface area contributed by atoms with Crippen molar-refractivity contribution in [2.24, 2.45) is 11.1 Å². The van der Waals surface area contributed by atoms with Crippen molar-refractivity contribution in [3.05, 3.63) is 95.6 Å². The minimum Gasteiger partial charge on any atom is -0.366 e. The second-order valence-corrected chi connectivity index (χ2v) is 8.64. The van der Waals surface area contributed by atoms with Crippen LogP contribution < -0.4 is 11.1 Å². The summed E-state index contributed by atoms with van der Waals surface area (Å²) < 4.78 is 27.0. The summed E-state index contributed by atoms with van der Waals surface area (Å²) in [5.41, 5.74) is 6.93. The zero-order valence-electron chi connectivity index (χ0n) is 19.0. The van der Waals surface area contributed by atoms with Crippen molar-refractivity contribution >= 4 is 22.8 Å². The fourth-order valence-electron chi connectivity index (χ4n) is 3.15. The number of aromatic nitrogens is 3. The monoisotopic (exact) mass is 465 g/mol. The van der Waals surface area contributed by atoms with E-state index in [9.17, 15) is 18.4 Å².